The van der Waals surface area contributed by atoms with Crippen LogP contribution in [0.4, 0.5) is 0 Å². The van der Waals surface area contributed by atoms with E-state index in [9.17, 15) is 14.4 Å². The molecule has 7 nitrogen and oxygen atoms in total. The lowest BCUT2D eigenvalue weighted by molar-refractivity contribution is -0.147. The molecule has 0 radical (unpaired) electrons. The van der Waals surface area contributed by atoms with Gasteiger partial charge in [-0.25, -0.2) is 5.01 Å². The van der Waals surface area contributed by atoms with E-state index in [2.05, 4.69) is 51.3 Å². The first kappa shape index (κ1) is 36.2. The molecule has 0 saturated heterocycles. The van der Waals surface area contributed by atoms with Crippen molar-refractivity contribution < 1.29 is 23.5 Å². The minimum atomic E-state index is -0.574. The molecule has 252 valence electrons. The van der Waals surface area contributed by atoms with Gasteiger partial charge in [0.1, 0.15) is 12.4 Å². The van der Waals surface area contributed by atoms with Crippen molar-refractivity contribution in [3.8, 4) is 0 Å². The molecule has 1 saturated carbocycles. The molecule has 0 bridgehead atoms. The SMILES string of the molecule is CC(C)(C)N(NC(=O)c1ccc(Cl)cc1)C(=O)c1ccccc1.CC(C)=C[C@@H]1[C@@H](C(=O)OCc2coc(Cc3ccccc3)c2)C1(C)C. The number of halogens is 1. The largest absolute Gasteiger partial charge is 0.469 e. The number of benzene rings is 3. The van der Waals surface area contributed by atoms with Crippen molar-refractivity contribution in [2.75, 3.05) is 0 Å². The van der Waals surface area contributed by atoms with E-state index < -0.39 is 5.54 Å². The summed E-state index contributed by atoms with van der Waals surface area (Å²) in [5.74, 6) is 0.382. The Labute approximate surface area is 288 Å². The minimum absolute atomic E-state index is 0.0107. The molecule has 5 rings (SSSR count). The second-order valence-corrected chi connectivity index (χ2v) is 14.3. The second kappa shape index (κ2) is 15.5. The van der Waals surface area contributed by atoms with Gasteiger partial charge in [-0.3, -0.25) is 19.8 Å². The number of amides is 2. The molecule has 0 aliphatic heterocycles. The number of furan rings is 1. The third-order valence-electron chi connectivity index (χ3n) is 8.20. The van der Waals surface area contributed by atoms with Gasteiger partial charge in [-0.2, -0.15) is 0 Å². The Kier molecular flexibility index (Phi) is 11.7. The van der Waals surface area contributed by atoms with Crippen molar-refractivity contribution in [1.29, 1.82) is 0 Å². The van der Waals surface area contributed by atoms with E-state index in [4.69, 9.17) is 20.8 Å². The van der Waals surface area contributed by atoms with E-state index >= 15 is 0 Å². The van der Waals surface area contributed by atoms with Crippen LogP contribution in [-0.4, -0.2) is 28.3 Å². The minimum Gasteiger partial charge on any atom is -0.469 e. The van der Waals surface area contributed by atoms with Crippen LogP contribution in [0.15, 0.2) is 113 Å². The summed E-state index contributed by atoms with van der Waals surface area (Å²) >= 11 is 5.83. The Morgan fingerprint density at radius 1 is 0.896 bits per heavy atom. The average Bonchev–Trinajstić information content (AvgIpc) is 3.32. The number of carbonyl (C=O) groups is 3. The fraction of sp³-hybridized carbons (Fsp3) is 0.325. The van der Waals surface area contributed by atoms with Crippen molar-refractivity contribution in [1.82, 2.24) is 10.4 Å². The second-order valence-electron chi connectivity index (χ2n) is 13.9. The van der Waals surface area contributed by atoms with E-state index in [0.717, 1.165) is 17.7 Å². The molecule has 1 aliphatic rings. The van der Waals surface area contributed by atoms with Crippen LogP contribution in [0, 0.1) is 17.3 Å². The molecule has 0 unspecified atom stereocenters. The van der Waals surface area contributed by atoms with Crippen molar-refractivity contribution >= 4 is 29.4 Å². The van der Waals surface area contributed by atoms with Crippen LogP contribution in [0.2, 0.25) is 5.02 Å². The smallest absolute Gasteiger partial charge is 0.310 e. The zero-order valence-electron chi connectivity index (χ0n) is 28.8. The average molecular weight is 669 g/mol. The number of nitrogens with zero attached hydrogens (tertiary/aromatic N) is 1. The van der Waals surface area contributed by atoms with Crippen molar-refractivity contribution in [3.05, 3.63) is 142 Å². The molecule has 48 heavy (non-hydrogen) atoms. The van der Waals surface area contributed by atoms with Gasteiger partial charge in [0, 0.05) is 28.1 Å². The lowest BCUT2D eigenvalue weighted by Crippen LogP contribution is -2.55. The monoisotopic (exact) mass is 668 g/mol. The summed E-state index contributed by atoms with van der Waals surface area (Å²) in [6.45, 7) is 14.2. The maximum absolute atomic E-state index is 12.7. The molecule has 2 atom stereocenters. The van der Waals surface area contributed by atoms with Gasteiger partial charge >= 0.3 is 5.97 Å². The highest BCUT2D eigenvalue weighted by Crippen LogP contribution is 2.59. The van der Waals surface area contributed by atoms with E-state index in [1.807, 2.05) is 51.1 Å². The number of nitrogens with one attached hydrogen (secondary N) is 1. The summed E-state index contributed by atoms with van der Waals surface area (Å²) in [4.78, 5) is 37.5. The summed E-state index contributed by atoms with van der Waals surface area (Å²) in [5, 5.41) is 1.90. The van der Waals surface area contributed by atoms with Gasteiger partial charge in [0.2, 0.25) is 0 Å². The Hall–Kier alpha value is -4.62. The summed E-state index contributed by atoms with van der Waals surface area (Å²) in [6.07, 6.45) is 4.60. The van der Waals surface area contributed by atoms with E-state index in [1.165, 1.54) is 16.1 Å². The number of carbonyl (C=O) groups excluding carboxylic acids is 3. The highest BCUT2D eigenvalue weighted by Gasteiger charge is 2.61. The first-order valence-corrected chi connectivity index (χ1v) is 16.4. The Balaban J connectivity index is 0.000000218. The van der Waals surface area contributed by atoms with Crippen LogP contribution in [-0.2, 0) is 22.6 Å². The molecule has 0 spiro atoms. The third kappa shape index (κ3) is 9.71. The number of allylic oxidation sites excluding steroid dienone is 2. The summed E-state index contributed by atoms with van der Waals surface area (Å²) in [5.41, 5.74) is 6.40. The van der Waals surface area contributed by atoms with Crippen molar-refractivity contribution in [3.63, 3.8) is 0 Å². The van der Waals surface area contributed by atoms with Gasteiger partial charge in [-0.1, -0.05) is 85.6 Å². The van der Waals surface area contributed by atoms with E-state index in [1.54, 1.807) is 54.8 Å². The number of hydrogen-bond acceptors (Lipinski definition) is 5. The molecule has 1 aromatic heterocycles. The molecular weight excluding hydrogens is 624 g/mol. The lowest BCUT2D eigenvalue weighted by Gasteiger charge is -2.35. The quantitative estimate of drug-likeness (QED) is 0.115. The maximum Gasteiger partial charge on any atom is 0.310 e. The standard InChI is InChI=1S/C22H26O3.C18H19ClN2O2/c1-15(2)10-19-20(22(19,3)4)21(23)25-14-17-12-18(24-13-17)11-16-8-6-5-7-9-16;1-18(2,3)21(17(23)14-7-5-4-6-8-14)20-16(22)13-9-11-15(19)12-10-13/h5-10,12-13,19-20H,11,14H2,1-4H3;4-12H,1-3H3,(H,20,22)/t19-,20+;/m1./s1. The van der Waals surface area contributed by atoms with E-state index in [-0.39, 0.29) is 41.6 Å². The molecule has 3 aromatic carbocycles. The van der Waals surface area contributed by atoms with Gasteiger partial charge in [0.25, 0.3) is 11.8 Å². The van der Waals surface area contributed by atoms with Crippen molar-refractivity contribution in [2.24, 2.45) is 17.3 Å². The van der Waals surface area contributed by atoms with Crippen LogP contribution >= 0.6 is 11.6 Å². The van der Waals surface area contributed by atoms with Crippen molar-refractivity contribution in [2.45, 2.75) is 67.0 Å². The van der Waals surface area contributed by atoms with Gasteiger partial charge in [-0.15, -0.1) is 0 Å². The van der Waals surface area contributed by atoms with Crippen LogP contribution in [0.25, 0.3) is 0 Å². The Bertz CT molecular complexity index is 1720. The zero-order valence-corrected chi connectivity index (χ0v) is 29.5. The first-order valence-electron chi connectivity index (χ1n) is 16.0. The van der Waals surface area contributed by atoms with E-state index in [0.29, 0.717) is 16.1 Å². The topological polar surface area (TPSA) is 88.9 Å². The Morgan fingerprint density at radius 3 is 2.08 bits per heavy atom. The molecule has 8 heteroatoms. The number of esters is 1. The third-order valence-corrected chi connectivity index (χ3v) is 8.45. The Morgan fingerprint density at radius 2 is 1.50 bits per heavy atom. The van der Waals surface area contributed by atoms with Gasteiger partial charge in [0.15, 0.2) is 0 Å². The number of ether oxygens (including phenoxy) is 1. The van der Waals surface area contributed by atoms with Crippen LogP contribution in [0.5, 0.6) is 0 Å². The lowest BCUT2D eigenvalue weighted by atomic mass is 10.1. The predicted molar refractivity (Wildman–Crippen MR) is 189 cm³/mol. The highest BCUT2D eigenvalue weighted by atomic mass is 35.5. The molecule has 2 amide bonds. The molecule has 1 aliphatic carbocycles. The van der Waals surface area contributed by atoms with Crippen LogP contribution in [0.3, 0.4) is 0 Å². The highest BCUT2D eigenvalue weighted by molar-refractivity contribution is 6.30. The summed E-state index contributed by atoms with van der Waals surface area (Å²) < 4.78 is 11.1. The van der Waals surface area contributed by atoms with Crippen LogP contribution < -0.4 is 5.43 Å². The predicted octanol–water partition coefficient (Wildman–Crippen LogP) is 9.08. The molecular formula is C40H45ClN2O5. The number of hydrogen-bond donors (Lipinski definition) is 1. The molecule has 1 heterocycles. The normalized spacial score (nSPS) is 16.1. The fourth-order valence-electron chi connectivity index (χ4n) is 5.43. The maximum atomic E-state index is 12.7. The molecule has 1 fully saturated rings. The van der Waals surface area contributed by atoms with Gasteiger partial charge in [0.05, 0.1) is 17.7 Å². The van der Waals surface area contributed by atoms with Crippen LogP contribution in [0.1, 0.15) is 86.1 Å². The summed E-state index contributed by atoms with van der Waals surface area (Å²) in [6, 6.07) is 27.5. The first-order chi connectivity index (χ1) is 22.7. The number of rotatable bonds is 8. The van der Waals surface area contributed by atoms with Gasteiger partial charge < -0.3 is 9.15 Å². The molecule has 4 aromatic rings. The molecule has 1 N–H and O–H groups in total. The summed E-state index contributed by atoms with van der Waals surface area (Å²) in [7, 11) is 0. The number of hydrazine groups is 1. The zero-order chi connectivity index (χ0) is 35.1. The fourth-order valence-corrected chi connectivity index (χ4v) is 5.56. The van der Waals surface area contributed by atoms with Gasteiger partial charge in [-0.05, 0) is 94.0 Å².